The van der Waals surface area contributed by atoms with E-state index in [4.69, 9.17) is 0 Å². The second-order valence-corrected chi connectivity index (χ2v) is 8.46. The van der Waals surface area contributed by atoms with Crippen LogP contribution in [0.2, 0.25) is 0 Å². The van der Waals surface area contributed by atoms with E-state index < -0.39 is 0 Å². The standard InChI is InChI=1S/C23H19N5OS/c1-14-12-28-19(13-30-23(28)25-14)22(29)27-11-9-16-15-6-2-3-7-17(15)26-20(16)21(27)18-8-4-5-10-24-18/h2-8,10,12-13,21,26H,9,11H2,1H3. The molecule has 0 fully saturated rings. The zero-order valence-electron chi connectivity index (χ0n) is 16.4. The van der Waals surface area contributed by atoms with Gasteiger partial charge in [0.2, 0.25) is 0 Å². The third-order valence-corrected chi connectivity index (χ3v) is 6.65. The highest BCUT2D eigenvalue weighted by atomic mass is 32.1. The molecule has 1 N–H and O–H groups in total. The Balaban J connectivity index is 1.52. The number of benzene rings is 1. The summed E-state index contributed by atoms with van der Waals surface area (Å²) >= 11 is 1.49. The van der Waals surface area contributed by atoms with Crippen molar-refractivity contribution in [1.82, 2.24) is 24.3 Å². The lowest BCUT2D eigenvalue weighted by molar-refractivity contribution is 0.0682. The summed E-state index contributed by atoms with van der Waals surface area (Å²) in [6.07, 6.45) is 4.52. The minimum Gasteiger partial charge on any atom is -0.356 e. The van der Waals surface area contributed by atoms with E-state index in [0.29, 0.717) is 12.2 Å². The third kappa shape index (κ3) is 2.52. The summed E-state index contributed by atoms with van der Waals surface area (Å²) < 4.78 is 1.90. The third-order valence-electron chi connectivity index (χ3n) is 5.81. The number of aryl methyl sites for hydroxylation is 1. The second kappa shape index (κ2) is 6.53. The lowest BCUT2D eigenvalue weighted by Gasteiger charge is -2.35. The Morgan fingerprint density at radius 1 is 1.20 bits per heavy atom. The first kappa shape index (κ1) is 17.4. The van der Waals surface area contributed by atoms with Gasteiger partial charge in [-0.05, 0) is 37.1 Å². The van der Waals surface area contributed by atoms with Crippen LogP contribution in [0, 0.1) is 6.92 Å². The smallest absolute Gasteiger partial charge is 0.272 e. The van der Waals surface area contributed by atoms with Crippen LogP contribution in [-0.4, -0.2) is 36.7 Å². The van der Waals surface area contributed by atoms with E-state index in [0.717, 1.165) is 34.0 Å². The Labute approximate surface area is 176 Å². The van der Waals surface area contributed by atoms with Crippen molar-refractivity contribution < 1.29 is 4.79 Å². The number of H-pyrrole nitrogens is 1. The summed E-state index contributed by atoms with van der Waals surface area (Å²) in [6, 6.07) is 14.0. The van der Waals surface area contributed by atoms with Crippen LogP contribution in [0.3, 0.4) is 0 Å². The fourth-order valence-electron chi connectivity index (χ4n) is 4.50. The molecule has 0 radical (unpaired) electrons. The predicted octanol–water partition coefficient (Wildman–Crippen LogP) is 4.37. The maximum Gasteiger partial charge on any atom is 0.272 e. The largest absolute Gasteiger partial charge is 0.356 e. The molecule has 0 saturated heterocycles. The zero-order valence-corrected chi connectivity index (χ0v) is 17.2. The minimum atomic E-state index is -0.255. The van der Waals surface area contributed by atoms with E-state index in [2.05, 4.69) is 33.2 Å². The van der Waals surface area contributed by atoms with E-state index >= 15 is 0 Å². The number of aromatic nitrogens is 4. The lowest BCUT2D eigenvalue weighted by atomic mass is 9.94. The number of imidazole rings is 1. The Kier molecular flexibility index (Phi) is 3.79. The SMILES string of the molecule is Cc1cn2c(C(=O)N3CCc4c([nH]c5ccccc45)C3c3ccccn3)csc2n1. The van der Waals surface area contributed by atoms with Crippen molar-refractivity contribution in [3.05, 3.63) is 88.6 Å². The highest BCUT2D eigenvalue weighted by molar-refractivity contribution is 7.15. The van der Waals surface area contributed by atoms with Crippen molar-refractivity contribution in [3.8, 4) is 0 Å². The number of carbonyl (C=O) groups is 1. The van der Waals surface area contributed by atoms with Gasteiger partial charge in [-0.2, -0.15) is 0 Å². The Hall–Kier alpha value is -3.45. The van der Waals surface area contributed by atoms with Gasteiger partial charge in [0, 0.05) is 40.9 Å². The van der Waals surface area contributed by atoms with Crippen LogP contribution in [-0.2, 0) is 6.42 Å². The molecule has 4 aromatic heterocycles. The van der Waals surface area contributed by atoms with Crippen LogP contribution in [0.25, 0.3) is 15.9 Å². The average molecular weight is 414 g/mol. The molecule has 7 heteroatoms. The lowest BCUT2D eigenvalue weighted by Crippen LogP contribution is -2.41. The Morgan fingerprint density at radius 2 is 2.07 bits per heavy atom. The molecular weight excluding hydrogens is 394 g/mol. The highest BCUT2D eigenvalue weighted by Crippen LogP contribution is 2.38. The van der Waals surface area contributed by atoms with Gasteiger partial charge in [0.25, 0.3) is 5.91 Å². The fourth-order valence-corrected chi connectivity index (χ4v) is 5.39. The second-order valence-electron chi connectivity index (χ2n) is 7.62. The van der Waals surface area contributed by atoms with Gasteiger partial charge in [-0.1, -0.05) is 24.3 Å². The van der Waals surface area contributed by atoms with Crippen molar-refractivity contribution in [3.63, 3.8) is 0 Å². The molecule has 1 aliphatic rings. The molecule has 0 bridgehead atoms. The quantitative estimate of drug-likeness (QED) is 0.467. The van der Waals surface area contributed by atoms with Crippen LogP contribution in [0.15, 0.2) is 60.2 Å². The minimum absolute atomic E-state index is 0.00129. The van der Waals surface area contributed by atoms with Gasteiger partial charge in [-0.15, -0.1) is 11.3 Å². The summed E-state index contributed by atoms with van der Waals surface area (Å²) in [5.74, 6) is -0.00129. The topological polar surface area (TPSA) is 66.3 Å². The monoisotopic (exact) mass is 413 g/mol. The molecule has 1 aromatic carbocycles. The number of fused-ring (bicyclic) bond motifs is 4. The van der Waals surface area contributed by atoms with Gasteiger partial charge in [-0.25, -0.2) is 4.98 Å². The molecule has 1 amide bonds. The fraction of sp³-hybridized carbons (Fsp3) is 0.174. The van der Waals surface area contributed by atoms with Crippen LogP contribution in [0.4, 0.5) is 0 Å². The van der Waals surface area contributed by atoms with Gasteiger partial charge in [-0.3, -0.25) is 14.2 Å². The number of para-hydroxylation sites is 1. The van der Waals surface area contributed by atoms with Gasteiger partial charge >= 0.3 is 0 Å². The molecule has 148 valence electrons. The Bertz CT molecular complexity index is 1400. The average Bonchev–Trinajstić information content (AvgIpc) is 3.44. The maximum atomic E-state index is 13.7. The number of aromatic amines is 1. The number of carbonyl (C=O) groups excluding carboxylic acids is 1. The molecule has 0 spiro atoms. The van der Waals surface area contributed by atoms with E-state index in [1.807, 2.05) is 52.1 Å². The number of pyridine rings is 1. The molecule has 0 aliphatic carbocycles. The van der Waals surface area contributed by atoms with Crippen LogP contribution in [0.5, 0.6) is 0 Å². The number of nitrogens with one attached hydrogen (secondary N) is 1. The van der Waals surface area contributed by atoms with Crippen molar-refractivity contribution in [2.75, 3.05) is 6.54 Å². The van der Waals surface area contributed by atoms with E-state index in [1.54, 1.807) is 6.20 Å². The summed E-state index contributed by atoms with van der Waals surface area (Å²) in [6.45, 7) is 2.59. The van der Waals surface area contributed by atoms with Gasteiger partial charge in [0.05, 0.1) is 11.4 Å². The van der Waals surface area contributed by atoms with E-state index in [1.165, 1.54) is 22.3 Å². The first-order valence-electron chi connectivity index (χ1n) is 9.95. The molecular formula is C23H19N5OS. The van der Waals surface area contributed by atoms with Crippen molar-refractivity contribution in [2.45, 2.75) is 19.4 Å². The Morgan fingerprint density at radius 3 is 2.93 bits per heavy atom. The first-order chi connectivity index (χ1) is 14.7. The van der Waals surface area contributed by atoms with Crippen molar-refractivity contribution in [1.29, 1.82) is 0 Å². The number of amides is 1. The number of nitrogens with zero attached hydrogens (tertiary/aromatic N) is 4. The first-order valence-corrected chi connectivity index (χ1v) is 10.8. The highest BCUT2D eigenvalue weighted by Gasteiger charge is 2.36. The summed E-state index contributed by atoms with van der Waals surface area (Å²) in [5, 5.41) is 3.13. The maximum absolute atomic E-state index is 13.7. The molecule has 1 unspecified atom stereocenters. The van der Waals surface area contributed by atoms with E-state index in [9.17, 15) is 4.79 Å². The zero-order chi connectivity index (χ0) is 20.2. The van der Waals surface area contributed by atoms with E-state index in [-0.39, 0.29) is 11.9 Å². The summed E-state index contributed by atoms with van der Waals surface area (Å²) in [5.41, 5.74) is 5.86. The van der Waals surface area contributed by atoms with Gasteiger partial charge in [0.1, 0.15) is 11.7 Å². The molecule has 30 heavy (non-hydrogen) atoms. The molecule has 5 aromatic rings. The van der Waals surface area contributed by atoms with Crippen LogP contribution < -0.4 is 0 Å². The molecule has 6 rings (SSSR count). The molecule has 5 heterocycles. The number of hydrogen-bond acceptors (Lipinski definition) is 4. The van der Waals surface area contributed by atoms with Crippen molar-refractivity contribution >= 4 is 33.1 Å². The number of hydrogen-bond donors (Lipinski definition) is 1. The van der Waals surface area contributed by atoms with Gasteiger partial charge < -0.3 is 9.88 Å². The normalized spacial score (nSPS) is 16.3. The van der Waals surface area contributed by atoms with Crippen LogP contribution >= 0.6 is 11.3 Å². The molecule has 1 aliphatic heterocycles. The predicted molar refractivity (Wildman–Crippen MR) is 117 cm³/mol. The molecule has 1 atom stereocenters. The van der Waals surface area contributed by atoms with Gasteiger partial charge in [0.15, 0.2) is 4.96 Å². The van der Waals surface area contributed by atoms with Crippen molar-refractivity contribution in [2.24, 2.45) is 0 Å². The molecule has 0 saturated carbocycles. The summed E-state index contributed by atoms with van der Waals surface area (Å²) in [4.78, 5) is 29.2. The van der Waals surface area contributed by atoms with Crippen LogP contribution in [0.1, 0.15) is 39.2 Å². The summed E-state index contributed by atoms with van der Waals surface area (Å²) in [7, 11) is 0. The number of thiazole rings is 1. The number of rotatable bonds is 2. The molecule has 6 nitrogen and oxygen atoms in total.